The summed E-state index contributed by atoms with van der Waals surface area (Å²) in [5.41, 5.74) is 2.40. The Hall–Kier alpha value is -9.02. The molecule has 4 aromatic heterocycles. The lowest BCUT2D eigenvalue weighted by atomic mass is 10.1. The highest BCUT2D eigenvalue weighted by Crippen LogP contribution is 2.41. The third-order valence-electron chi connectivity index (χ3n) is 10.7. The molecule has 4 heterocycles. The van der Waals surface area contributed by atoms with E-state index < -0.39 is 35.4 Å². The van der Waals surface area contributed by atoms with Crippen LogP contribution in [0.1, 0.15) is 70.4 Å². The molecule has 0 aliphatic heterocycles. The molecule has 2 fully saturated rings. The number of urea groups is 1. The third kappa shape index (κ3) is 13.2. The second kappa shape index (κ2) is 20.3. The molecular weight excluding hydrogens is 933 g/mol. The number of anilines is 11. The highest BCUT2D eigenvalue weighted by molar-refractivity contribution is 6.04. The van der Waals surface area contributed by atoms with Gasteiger partial charge in [0.25, 0.3) is 5.91 Å². The number of rotatable bonds is 14. The van der Waals surface area contributed by atoms with Crippen molar-refractivity contribution in [1.29, 1.82) is 0 Å². The van der Waals surface area contributed by atoms with Crippen LogP contribution in [0.25, 0.3) is 0 Å². The van der Waals surface area contributed by atoms with Crippen molar-refractivity contribution in [1.82, 2.24) is 40.3 Å². The van der Waals surface area contributed by atoms with Crippen LogP contribution >= 0.6 is 0 Å². The van der Waals surface area contributed by atoms with E-state index in [2.05, 4.69) is 77.5 Å². The summed E-state index contributed by atoms with van der Waals surface area (Å²) < 4.78 is 77.5. The fourth-order valence-corrected chi connectivity index (χ4v) is 6.96. The first-order valence-electron chi connectivity index (χ1n) is 21.9. The normalized spacial score (nSPS) is 13.3. The van der Waals surface area contributed by atoms with Crippen molar-refractivity contribution in [2.45, 2.75) is 49.9 Å². The number of hydrogen-bond acceptors (Lipinski definition) is 12. The van der Waals surface area contributed by atoms with Gasteiger partial charge in [-0.15, -0.1) is 0 Å². The second-order valence-corrected chi connectivity index (χ2v) is 16.3. The molecular formula is C48H41F6N15O2. The smallest absolute Gasteiger partial charge is 0.324 e. The minimum atomic E-state index is -4.53. The van der Waals surface area contributed by atoms with Crippen LogP contribution < -0.4 is 37.2 Å². The Bertz CT molecular complexity index is 3170. The molecule has 4 aromatic carbocycles. The Balaban J connectivity index is 0.000000176. The molecule has 0 radical (unpaired) electrons. The van der Waals surface area contributed by atoms with Crippen LogP contribution in [0.2, 0.25) is 0 Å². The third-order valence-corrected chi connectivity index (χ3v) is 10.7. The predicted octanol–water partition coefficient (Wildman–Crippen LogP) is 12.1. The molecule has 0 spiro atoms. The van der Waals surface area contributed by atoms with E-state index in [-0.39, 0.29) is 11.3 Å². The molecule has 0 bridgehead atoms. The summed E-state index contributed by atoms with van der Waals surface area (Å²) in [6, 6.07) is 28.8. The number of aromatic nitrogens is 8. The van der Waals surface area contributed by atoms with Gasteiger partial charge in [-0.1, -0.05) is 24.3 Å². The van der Waals surface area contributed by atoms with Crippen LogP contribution in [0.3, 0.4) is 0 Å². The van der Waals surface area contributed by atoms with Crippen molar-refractivity contribution in [3.63, 3.8) is 0 Å². The van der Waals surface area contributed by atoms with Crippen molar-refractivity contribution in [3.05, 3.63) is 162 Å². The lowest BCUT2D eigenvalue weighted by Crippen LogP contribution is -2.19. The number of halogens is 6. The first kappa shape index (κ1) is 47.1. The Morgan fingerprint density at radius 3 is 1.41 bits per heavy atom. The number of nitrogens with one attached hydrogen (secondary N) is 9. The molecule has 362 valence electrons. The summed E-state index contributed by atoms with van der Waals surface area (Å²) in [5.74, 6) is 3.53. The largest absolute Gasteiger partial charge is 0.416 e. The van der Waals surface area contributed by atoms with Crippen LogP contribution in [0.15, 0.2) is 134 Å². The fourth-order valence-electron chi connectivity index (χ4n) is 6.96. The molecule has 71 heavy (non-hydrogen) atoms. The van der Waals surface area contributed by atoms with Gasteiger partial charge in [-0.25, -0.2) is 14.8 Å². The van der Waals surface area contributed by atoms with E-state index in [9.17, 15) is 35.9 Å². The van der Waals surface area contributed by atoms with Gasteiger partial charge in [-0.05, 0) is 111 Å². The van der Waals surface area contributed by atoms with Gasteiger partial charge in [0.1, 0.15) is 11.6 Å². The summed E-state index contributed by atoms with van der Waals surface area (Å²) in [7, 11) is 0. The van der Waals surface area contributed by atoms with Crippen LogP contribution in [0.5, 0.6) is 0 Å². The van der Waals surface area contributed by atoms with E-state index in [0.717, 1.165) is 35.7 Å². The number of benzene rings is 4. The quantitative estimate of drug-likeness (QED) is 0.0464. The second-order valence-electron chi connectivity index (χ2n) is 16.3. The van der Waals surface area contributed by atoms with Crippen LogP contribution in [0, 0.1) is 0 Å². The van der Waals surface area contributed by atoms with Gasteiger partial charge < -0.3 is 37.2 Å². The Kier molecular flexibility index (Phi) is 13.4. The molecule has 2 aliphatic rings. The van der Waals surface area contributed by atoms with Crippen molar-refractivity contribution in [2.24, 2.45) is 0 Å². The van der Waals surface area contributed by atoms with Crippen molar-refractivity contribution in [2.75, 3.05) is 37.2 Å². The zero-order chi connectivity index (χ0) is 49.5. The average molecular weight is 974 g/mol. The summed E-state index contributed by atoms with van der Waals surface area (Å²) in [4.78, 5) is 42.1. The molecule has 2 aliphatic carbocycles. The Morgan fingerprint density at radius 2 is 0.915 bits per heavy atom. The fraction of sp³-hybridized carbons (Fsp3) is 0.167. The number of carbonyl (C=O) groups is 2. The van der Waals surface area contributed by atoms with E-state index in [0.29, 0.717) is 69.8 Å². The highest BCUT2D eigenvalue weighted by atomic mass is 19.4. The maximum Gasteiger partial charge on any atom is 0.416 e. The van der Waals surface area contributed by atoms with Gasteiger partial charge in [-0.2, -0.15) is 46.5 Å². The molecule has 9 N–H and O–H groups in total. The number of nitrogens with zero attached hydrogens (tertiary/aromatic N) is 6. The molecule has 0 unspecified atom stereocenters. The zero-order valence-corrected chi connectivity index (χ0v) is 37.0. The topological polar surface area (TPSA) is 227 Å². The molecule has 3 amide bonds. The van der Waals surface area contributed by atoms with Gasteiger partial charge >= 0.3 is 18.4 Å². The summed E-state index contributed by atoms with van der Waals surface area (Å²) >= 11 is 0. The van der Waals surface area contributed by atoms with Crippen LogP contribution in [0.4, 0.5) is 94.7 Å². The number of carbonyl (C=O) groups excluding carboxylic acids is 2. The van der Waals surface area contributed by atoms with Crippen molar-refractivity contribution >= 4 is 75.5 Å². The first-order valence-corrected chi connectivity index (χ1v) is 21.9. The van der Waals surface area contributed by atoms with E-state index in [4.69, 9.17) is 0 Å². The van der Waals surface area contributed by atoms with E-state index >= 15 is 0 Å². The maximum atomic E-state index is 12.9. The summed E-state index contributed by atoms with van der Waals surface area (Å²) in [6.07, 6.45) is -1.16. The lowest BCUT2D eigenvalue weighted by Gasteiger charge is -2.12. The van der Waals surface area contributed by atoms with Gasteiger partial charge in [0.2, 0.25) is 11.9 Å². The SMILES string of the molecule is O=C(Nc1cccc(Nc2nccc(Nc3cc(C4CC4)[nH]n3)n2)c1)Nc1cccc(C(F)(F)F)c1.O=C(Nc1cccc(Nc2nccc(Nc3cc(C4CC4)[nH]n3)n2)c1)c1cccc(C(F)(F)F)c1. The molecule has 0 atom stereocenters. The maximum absolute atomic E-state index is 12.9. The van der Waals surface area contributed by atoms with Gasteiger partial charge in [0.15, 0.2) is 11.6 Å². The highest BCUT2D eigenvalue weighted by Gasteiger charge is 2.32. The molecule has 8 aromatic rings. The number of amides is 3. The number of hydrogen-bond donors (Lipinski definition) is 9. The monoisotopic (exact) mass is 973 g/mol. The summed E-state index contributed by atoms with van der Waals surface area (Å²) in [6.45, 7) is 0. The minimum Gasteiger partial charge on any atom is -0.324 e. The molecule has 10 rings (SSSR count). The average Bonchev–Trinajstić information content (AvgIpc) is 4.28. The van der Waals surface area contributed by atoms with E-state index in [1.165, 1.54) is 49.9 Å². The van der Waals surface area contributed by atoms with Crippen molar-refractivity contribution < 1.29 is 35.9 Å². The lowest BCUT2D eigenvalue weighted by molar-refractivity contribution is -0.138. The predicted molar refractivity (Wildman–Crippen MR) is 255 cm³/mol. The minimum absolute atomic E-state index is 0.0236. The van der Waals surface area contributed by atoms with E-state index in [1.807, 2.05) is 12.1 Å². The van der Waals surface area contributed by atoms with Crippen LogP contribution in [-0.2, 0) is 12.4 Å². The Morgan fingerprint density at radius 1 is 0.479 bits per heavy atom. The zero-order valence-electron chi connectivity index (χ0n) is 37.0. The standard InChI is InChI=1S/C24H21F3N8O.C24H20F3N7O/c25-24(26,27)15-3-1-4-16(11-15)30-23(36)31-18-6-2-5-17(12-18)29-22-28-10-9-20(33-22)32-21-13-19(34-35-21)14-7-8-14;25-24(26,27)16-4-1-3-15(11-16)22(35)29-17-5-2-6-18(12-17)30-23-28-10-9-20(32-23)31-21-13-19(33-34-21)14-7-8-14/h1-6,9-14H,7-8H2,(H2,30,31,36)(H3,28,29,32,33,34,35);1-6,9-14H,7-8H2,(H,29,35)(H3,28,30,31,32,33,34). The number of H-pyrrole nitrogens is 2. The molecule has 23 heteroatoms. The van der Waals surface area contributed by atoms with Gasteiger partial charge in [-0.3, -0.25) is 15.0 Å². The number of alkyl halides is 6. The first-order chi connectivity index (χ1) is 34.1. The van der Waals surface area contributed by atoms with E-state index in [1.54, 1.807) is 73.1 Å². The van der Waals surface area contributed by atoms with Gasteiger partial charge in [0, 0.05) is 81.8 Å². The van der Waals surface area contributed by atoms with Crippen molar-refractivity contribution in [3.8, 4) is 0 Å². The number of aromatic amines is 2. The van der Waals surface area contributed by atoms with Crippen LogP contribution in [-0.4, -0.2) is 52.3 Å². The molecule has 0 saturated heterocycles. The summed E-state index contributed by atoms with van der Waals surface area (Å²) in [5, 5.41) is 34.6. The Labute approximate surface area is 399 Å². The van der Waals surface area contributed by atoms with Gasteiger partial charge in [0.05, 0.1) is 11.1 Å². The molecule has 2 saturated carbocycles. The molecule has 17 nitrogen and oxygen atoms in total.